The van der Waals surface area contributed by atoms with Crippen LogP contribution in [0.3, 0.4) is 0 Å². The molecule has 1 amide bonds. The Kier molecular flexibility index (Phi) is 6.06. The van der Waals surface area contributed by atoms with E-state index in [1.54, 1.807) is 49.6 Å². The fourth-order valence-electron chi connectivity index (χ4n) is 2.05. The van der Waals surface area contributed by atoms with E-state index in [1.807, 2.05) is 12.1 Å². The van der Waals surface area contributed by atoms with Gasteiger partial charge in [-0.2, -0.15) is 5.26 Å². The van der Waals surface area contributed by atoms with Crippen LogP contribution in [-0.2, 0) is 20.9 Å². The topological polar surface area (TPSA) is 88.4 Å². The summed E-state index contributed by atoms with van der Waals surface area (Å²) >= 11 is 0. The molecule has 0 bridgehead atoms. The van der Waals surface area contributed by atoms with E-state index < -0.39 is 18.5 Å². The zero-order valence-electron chi connectivity index (χ0n) is 13.1. The molecule has 0 spiro atoms. The first kappa shape index (κ1) is 17.2. The molecular formula is C18H16N2O4. The maximum atomic E-state index is 12.0. The molecule has 2 aromatic carbocycles. The monoisotopic (exact) mass is 324 g/mol. The summed E-state index contributed by atoms with van der Waals surface area (Å²) in [4.78, 5) is 23.9. The van der Waals surface area contributed by atoms with E-state index >= 15 is 0 Å². The minimum absolute atomic E-state index is 0.337. The van der Waals surface area contributed by atoms with Gasteiger partial charge in [-0.3, -0.25) is 4.79 Å². The SMILES string of the molecule is COCc1cccc(C(=O)OCC(=O)Nc2ccccc2C#N)c1. The van der Waals surface area contributed by atoms with Gasteiger partial charge < -0.3 is 14.8 Å². The molecule has 6 nitrogen and oxygen atoms in total. The van der Waals surface area contributed by atoms with Gasteiger partial charge in [-0.05, 0) is 29.8 Å². The number of carbonyl (C=O) groups excluding carboxylic acids is 2. The van der Waals surface area contributed by atoms with Crippen molar-refractivity contribution in [2.75, 3.05) is 19.0 Å². The lowest BCUT2D eigenvalue weighted by molar-refractivity contribution is -0.119. The van der Waals surface area contributed by atoms with Crippen LogP contribution in [0.5, 0.6) is 0 Å². The number of anilines is 1. The zero-order valence-corrected chi connectivity index (χ0v) is 13.1. The highest BCUT2D eigenvalue weighted by molar-refractivity contribution is 5.96. The first-order valence-electron chi connectivity index (χ1n) is 7.18. The molecule has 2 aromatic rings. The lowest BCUT2D eigenvalue weighted by Crippen LogP contribution is -2.21. The maximum Gasteiger partial charge on any atom is 0.338 e. The molecule has 0 fully saturated rings. The Hall–Kier alpha value is -3.17. The van der Waals surface area contributed by atoms with E-state index in [-0.39, 0.29) is 0 Å². The molecule has 0 aromatic heterocycles. The quantitative estimate of drug-likeness (QED) is 0.825. The molecule has 1 N–H and O–H groups in total. The third-order valence-corrected chi connectivity index (χ3v) is 3.13. The molecule has 122 valence electrons. The van der Waals surface area contributed by atoms with E-state index in [2.05, 4.69) is 5.32 Å². The van der Waals surface area contributed by atoms with Crippen molar-refractivity contribution in [1.29, 1.82) is 5.26 Å². The molecular weight excluding hydrogens is 308 g/mol. The Morgan fingerprint density at radius 2 is 1.96 bits per heavy atom. The van der Waals surface area contributed by atoms with Crippen LogP contribution < -0.4 is 5.32 Å². The van der Waals surface area contributed by atoms with Gasteiger partial charge >= 0.3 is 5.97 Å². The molecule has 0 radical (unpaired) electrons. The van der Waals surface area contributed by atoms with Crippen molar-refractivity contribution in [3.63, 3.8) is 0 Å². The summed E-state index contributed by atoms with van der Waals surface area (Å²) in [6.45, 7) is -0.0559. The molecule has 24 heavy (non-hydrogen) atoms. The van der Waals surface area contributed by atoms with Gasteiger partial charge in [-0.15, -0.1) is 0 Å². The highest BCUT2D eigenvalue weighted by atomic mass is 16.5. The smallest absolute Gasteiger partial charge is 0.338 e. The summed E-state index contributed by atoms with van der Waals surface area (Å²) in [6.07, 6.45) is 0. The summed E-state index contributed by atoms with van der Waals surface area (Å²) in [5, 5.41) is 11.5. The van der Waals surface area contributed by atoms with Crippen molar-refractivity contribution in [2.24, 2.45) is 0 Å². The molecule has 0 saturated heterocycles. The van der Waals surface area contributed by atoms with Gasteiger partial charge in [0.1, 0.15) is 6.07 Å². The first-order valence-corrected chi connectivity index (χ1v) is 7.18. The lowest BCUT2D eigenvalue weighted by atomic mass is 10.1. The van der Waals surface area contributed by atoms with Crippen molar-refractivity contribution >= 4 is 17.6 Å². The minimum Gasteiger partial charge on any atom is -0.452 e. The highest BCUT2D eigenvalue weighted by Gasteiger charge is 2.12. The van der Waals surface area contributed by atoms with E-state index in [0.717, 1.165) is 5.56 Å². The fourth-order valence-corrected chi connectivity index (χ4v) is 2.05. The van der Waals surface area contributed by atoms with Crippen molar-refractivity contribution in [1.82, 2.24) is 0 Å². The number of hydrogen-bond donors (Lipinski definition) is 1. The number of rotatable bonds is 6. The Balaban J connectivity index is 1.93. The van der Waals surface area contributed by atoms with Crippen LogP contribution in [0, 0.1) is 11.3 Å². The second kappa shape index (κ2) is 8.46. The molecule has 0 heterocycles. The average molecular weight is 324 g/mol. The number of nitrogens with zero attached hydrogens (tertiary/aromatic N) is 1. The molecule has 0 unspecified atom stereocenters. The van der Waals surface area contributed by atoms with Gasteiger partial charge in [0, 0.05) is 7.11 Å². The summed E-state index contributed by atoms with van der Waals surface area (Å²) < 4.78 is 10.0. The summed E-state index contributed by atoms with van der Waals surface area (Å²) in [5.74, 6) is -1.12. The summed E-state index contributed by atoms with van der Waals surface area (Å²) in [5.41, 5.74) is 1.89. The number of hydrogen-bond acceptors (Lipinski definition) is 5. The molecule has 0 aliphatic rings. The number of benzene rings is 2. The van der Waals surface area contributed by atoms with E-state index in [0.29, 0.717) is 23.4 Å². The van der Waals surface area contributed by atoms with Crippen LogP contribution in [-0.4, -0.2) is 25.6 Å². The van der Waals surface area contributed by atoms with E-state index in [9.17, 15) is 9.59 Å². The van der Waals surface area contributed by atoms with Crippen LogP contribution in [0.4, 0.5) is 5.69 Å². The molecule has 0 atom stereocenters. The third kappa shape index (κ3) is 4.66. The van der Waals surface area contributed by atoms with Crippen molar-refractivity contribution in [3.8, 4) is 6.07 Å². The lowest BCUT2D eigenvalue weighted by Gasteiger charge is -2.08. The normalized spacial score (nSPS) is 9.83. The number of nitriles is 1. The Bertz CT molecular complexity index is 781. The fraction of sp³-hybridized carbons (Fsp3) is 0.167. The van der Waals surface area contributed by atoms with Crippen LogP contribution in [0.1, 0.15) is 21.5 Å². The number of nitrogens with one attached hydrogen (secondary N) is 1. The number of esters is 1. The van der Waals surface area contributed by atoms with Crippen LogP contribution >= 0.6 is 0 Å². The summed E-state index contributed by atoms with van der Waals surface area (Å²) in [6, 6.07) is 15.4. The van der Waals surface area contributed by atoms with Gasteiger partial charge in [0.2, 0.25) is 0 Å². The Morgan fingerprint density at radius 3 is 2.71 bits per heavy atom. The molecule has 0 saturated carbocycles. The number of methoxy groups -OCH3 is 1. The van der Waals surface area contributed by atoms with Gasteiger partial charge in [0.05, 0.1) is 23.4 Å². The standard InChI is InChI=1S/C18H16N2O4/c1-23-11-13-5-4-7-14(9-13)18(22)24-12-17(21)20-16-8-3-2-6-15(16)10-19/h2-9H,11-12H2,1H3,(H,20,21). The molecule has 2 rings (SSSR count). The molecule has 0 aliphatic carbocycles. The zero-order chi connectivity index (χ0) is 17.4. The Morgan fingerprint density at radius 1 is 1.17 bits per heavy atom. The van der Waals surface area contributed by atoms with E-state index in [4.69, 9.17) is 14.7 Å². The first-order chi connectivity index (χ1) is 11.6. The van der Waals surface area contributed by atoms with Crippen molar-refractivity contribution < 1.29 is 19.1 Å². The predicted molar refractivity (Wildman–Crippen MR) is 87.2 cm³/mol. The van der Waals surface area contributed by atoms with Gasteiger partial charge in [0.15, 0.2) is 6.61 Å². The molecule has 6 heteroatoms. The van der Waals surface area contributed by atoms with Gasteiger partial charge in [0.25, 0.3) is 5.91 Å². The van der Waals surface area contributed by atoms with E-state index in [1.165, 1.54) is 0 Å². The molecule has 0 aliphatic heterocycles. The highest BCUT2D eigenvalue weighted by Crippen LogP contribution is 2.13. The van der Waals surface area contributed by atoms with Crippen molar-refractivity contribution in [3.05, 3.63) is 65.2 Å². The maximum absolute atomic E-state index is 12.0. The van der Waals surface area contributed by atoms with Gasteiger partial charge in [-0.25, -0.2) is 4.79 Å². The van der Waals surface area contributed by atoms with Crippen molar-refractivity contribution in [2.45, 2.75) is 6.61 Å². The average Bonchev–Trinajstić information content (AvgIpc) is 2.60. The number of ether oxygens (including phenoxy) is 2. The Labute approximate surface area is 139 Å². The van der Waals surface area contributed by atoms with Crippen LogP contribution in [0.2, 0.25) is 0 Å². The summed E-state index contributed by atoms with van der Waals surface area (Å²) in [7, 11) is 1.56. The second-order valence-electron chi connectivity index (χ2n) is 4.92. The minimum atomic E-state index is -0.600. The predicted octanol–water partition coefficient (Wildman–Crippen LogP) is 2.50. The van der Waals surface area contributed by atoms with Crippen LogP contribution in [0.25, 0.3) is 0 Å². The van der Waals surface area contributed by atoms with Crippen LogP contribution in [0.15, 0.2) is 48.5 Å². The number of carbonyl (C=O) groups is 2. The third-order valence-electron chi connectivity index (χ3n) is 3.13. The van der Waals surface area contributed by atoms with Gasteiger partial charge in [-0.1, -0.05) is 24.3 Å². The number of para-hydroxylation sites is 1. The number of amides is 1. The second-order valence-corrected chi connectivity index (χ2v) is 4.92. The largest absolute Gasteiger partial charge is 0.452 e.